The van der Waals surface area contributed by atoms with Gasteiger partial charge >= 0.3 is 0 Å². The van der Waals surface area contributed by atoms with Crippen molar-refractivity contribution in [2.45, 2.75) is 58.0 Å². The van der Waals surface area contributed by atoms with Crippen molar-refractivity contribution in [1.82, 2.24) is 25.3 Å². The van der Waals surface area contributed by atoms with Gasteiger partial charge in [0, 0.05) is 39.1 Å². The van der Waals surface area contributed by atoms with Crippen molar-refractivity contribution in [1.29, 1.82) is 0 Å². The zero-order valence-electron chi connectivity index (χ0n) is 15.0. The molecule has 24 heavy (non-hydrogen) atoms. The van der Waals surface area contributed by atoms with Crippen LogP contribution >= 0.6 is 0 Å². The van der Waals surface area contributed by atoms with E-state index in [9.17, 15) is 0 Å². The number of rotatable bonds is 3. The van der Waals surface area contributed by atoms with E-state index in [4.69, 9.17) is 4.52 Å². The van der Waals surface area contributed by atoms with Crippen LogP contribution < -0.4 is 5.32 Å². The lowest BCUT2D eigenvalue weighted by Crippen LogP contribution is -2.52. The van der Waals surface area contributed by atoms with E-state index >= 15 is 0 Å². The van der Waals surface area contributed by atoms with Crippen LogP contribution in [0, 0.1) is 12.3 Å². The summed E-state index contributed by atoms with van der Waals surface area (Å²) in [6.45, 7) is 9.78. The molecule has 6 heteroatoms. The number of hydrogen-bond donors (Lipinski definition) is 1. The van der Waals surface area contributed by atoms with E-state index in [1.54, 1.807) is 0 Å². The van der Waals surface area contributed by atoms with Crippen LogP contribution in [0.25, 0.3) is 0 Å². The number of piperazine rings is 1. The zero-order valence-corrected chi connectivity index (χ0v) is 15.0. The van der Waals surface area contributed by atoms with Crippen molar-refractivity contribution >= 4 is 0 Å². The Morgan fingerprint density at radius 1 is 1.08 bits per heavy atom. The average Bonchev–Trinajstić information content (AvgIpc) is 3.02. The fourth-order valence-corrected chi connectivity index (χ4v) is 4.93. The number of aryl methyl sites for hydroxylation is 1. The quantitative estimate of drug-likeness (QED) is 0.910. The number of hydrogen-bond acceptors (Lipinski definition) is 6. The van der Waals surface area contributed by atoms with E-state index in [1.807, 2.05) is 6.92 Å². The molecule has 0 aromatic carbocycles. The first kappa shape index (κ1) is 16.5. The van der Waals surface area contributed by atoms with Crippen LogP contribution in [0.1, 0.15) is 50.2 Å². The maximum atomic E-state index is 5.07. The summed E-state index contributed by atoms with van der Waals surface area (Å²) in [6, 6.07) is 0.820. The van der Waals surface area contributed by atoms with E-state index in [0.29, 0.717) is 11.3 Å². The van der Waals surface area contributed by atoms with E-state index in [2.05, 4.69) is 25.3 Å². The molecule has 1 saturated carbocycles. The van der Waals surface area contributed by atoms with Gasteiger partial charge in [0.1, 0.15) is 0 Å². The van der Waals surface area contributed by atoms with Gasteiger partial charge in [0.25, 0.3) is 0 Å². The van der Waals surface area contributed by atoms with Crippen molar-refractivity contribution in [3.05, 3.63) is 11.7 Å². The van der Waals surface area contributed by atoms with E-state index in [-0.39, 0.29) is 0 Å². The van der Waals surface area contributed by atoms with Crippen LogP contribution in [0.2, 0.25) is 0 Å². The Balaban J connectivity index is 1.23. The minimum Gasteiger partial charge on any atom is -0.340 e. The van der Waals surface area contributed by atoms with Crippen molar-refractivity contribution in [3.63, 3.8) is 0 Å². The maximum Gasteiger partial charge on any atom is 0.223 e. The van der Waals surface area contributed by atoms with Gasteiger partial charge in [0.05, 0.1) is 6.54 Å². The van der Waals surface area contributed by atoms with Crippen molar-refractivity contribution < 1.29 is 4.52 Å². The summed E-state index contributed by atoms with van der Waals surface area (Å²) in [6.07, 6.45) is 8.51. The third kappa shape index (κ3) is 3.65. The summed E-state index contributed by atoms with van der Waals surface area (Å²) in [5, 5.41) is 7.54. The fraction of sp³-hybridized carbons (Fsp3) is 0.889. The Morgan fingerprint density at radius 3 is 2.42 bits per heavy atom. The smallest absolute Gasteiger partial charge is 0.223 e. The summed E-state index contributed by atoms with van der Waals surface area (Å²) in [5.74, 6) is 1.49. The molecule has 1 N–H and O–H groups in total. The molecule has 0 atom stereocenters. The standard InChI is InChI=1S/C18H31N5O/c1-15-20-17(21-24-15)14-22-10-12-23(13-11-22)16-2-4-18(5-3-16)6-8-19-9-7-18/h16,19H,2-14H2,1H3. The highest BCUT2D eigenvalue weighted by Crippen LogP contribution is 2.44. The predicted octanol–water partition coefficient (Wildman–Crippen LogP) is 1.81. The molecule has 134 valence electrons. The molecule has 3 fully saturated rings. The SMILES string of the molecule is Cc1nc(CN2CCN(C3CCC4(CCNCC4)CC3)CC2)no1. The molecule has 6 nitrogen and oxygen atoms in total. The summed E-state index contributed by atoms with van der Waals surface area (Å²) in [7, 11) is 0. The normalized spacial score (nSPS) is 26.9. The lowest BCUT2D eigenvalue weighted by Gasteiger charge is -2.47. The van der Waals surface area contributed by atoms with Crippen molar-refractivity contribution in [2.24, 2.45) is 5.41 Å². The van der Waals surface area contributed by atoms with E-state index in [0.717, 1.165) is 31.5 Å². The van der Waals surface area contributed by atoms with Gasteiger partial charge in [-0.05, 0) is 57.0 Å². The van der Waals surface area contributed by atoms with Gasteiger partial charge in [-0.2, -0.15) is 4.98 Å². The molecule has 0 bridgehead atoms. The highest BCUT2D eigenvalue weighted by molar-refractivity contribution is 4.93. The molecule has 1 aromatic heterocycles. The minimum absolute atomic E-state index is 0.665. The number of nitrogens with one attached hydrogen (secondary N) is 1. The van der Waals surface area contributed by atoms with Crippen LogP contribution in [-0.2, 0) is 6.54 Å². The molecule has 2 aliphatic heterocycles. The highest BCUT2D eigenvalue weighted by Gasteiger charge is 2.38. The molecule has 0 radical (unpaired) electrons. The molecular weight excluding hydrogens is 302 g/mol. The summed E-state index contributed by atoms with van der Waals surface area (Å²) in [5.41, 5.74) is 0.681. The Kier molecular flexibility index (Phi) is 4.88. The van der Waals surface area contributed by atoms with E-state index < -0.39 is 0 Å². The van der Waals surface area contributed by atoms with Gasteiger partial charge in [-0.3, -0.25) is 9.80 Å². The van der Waals surface area contributed by atoms with Gasteiger partial charge in [-0.25, -0.2) is 0 Å². The summed E-state index contributed by atoms with van der Waals surface area (Å²) in [4.78, 5) is 9.52. The van der Waals surface area contributed by atoms with Gasteiger partial charge < -0.3 is 9.84 Å². The van der Waals surface area contributed by atoms with Crippen LogP contribution in [-0.4, -0.2) is 65.3 Å². The van der Waals surface area contributed by atoms with Crippen LogP contribution in [0.4, 0.5) is 0 Å². The predicted molar refractivity (Wildman–Crippen MR) is 92.7 cm³/mol. The topological polar surface area (TPSA) is 57.4 Å². The Morgan fingerprint density at radius 2 is 1.79 bits per heavy atom. The Bertz CT molecular complexity index is 521. The largest absolute Gasteiger partial charge is 0.340 e. The first-order chi connectivity index (χ1) is 11.7. The number of aromatic nitrogens is 2. The third-order valence-corrected chi connectivity index (χ3v) is 6.54. The Labute approximate surface area is 145 Å². The highest BCUT2D eigenvalue weighted by atomic mass is 16.5. The van der Waals surface area contributed by atoms with Gasteiger partial charge in [0.15, 0.2) is 5.82 Å². The Hall–Kier alpha value is -0.980. The van der Waals surface area contributed by atoms with Crippen LogP contribution in [0.5, 0.6) is 0 Å². The van der Waals surface area contributed by atoms with Crippen LogP contribution in [0.15, 0.2) is 4.52 Å². The fourth-order valence-electron chi connectivity index (χ4n) is 4.93. The number of piperidine rings is 1. The van der Waals surface area contributed by atoms with Gasteiger partial charge in [-0.1, -0.05) is 5.16 Å². The third-order valence-electron chi connectivity index (χ3n) is 6.54. The molecule has 1 aromatic rings. The monoisotopic (exact) mass is 333 g/mol. The number of nitrogens with zero attached hydrogens (tertiary/aromatic N) is 4. The van der Waals surface area contributed by atoms with E-state index in [1.165, 1.54) is 64.7 Å². The lowest BCUT2D eigenvalue weighted by molar-refractivity contribution is 0.0341. The van der Waals surface area contributed by atoms with Crippen molar-refractivity contribution in [3.8, 4) is 0 Å². The second-order valence-corrected chi connectivity index (χ2v) is 8.02. The molecule has 3 heterocycles. The molecule has 3 aliphatic rings. The zero-order chi connectivity index (χ0) is 16.4. The van der Waals surface area contributed by atoms with Gasteiger partial charge in [-0.15, -0.1) is 0 Å². The first-order valence-electron chi connectivity index (χ1n) is 9.69. The second-order valence-electron chi connectivity index (χ2n) is 8.02. The first-order valence-corrected chi connectivity index (χ1v) is 9.69. The average molecular weight is 333 g/mol. The summed E-state index contributed by atoms with van der Waals surface area (Å²) < 4.78 is 5.07. The lowest BCUT2D eigenvalue weighted by atomic mass is 9.67. The molecule has 1 spiro atoms. The maximum absolute atomic E-state index is 5.07. The summed E-state index contributed by atoms with van der Waals surface area (Å²) >= 11 is 0. The minimum atomic E-state index is 0.665. The molecule has 0 amide bonds. The molecule has 2 saturated heterocycles. The molecule has 4 rings (SSSR count). The van der Waals surface area contributed by atoms with Crippen LogP contribution in [0.3, 0.4) is 0 Å². The molecule has 1 aliphatic carbocycles. The molecular formula is C18H31N5O. The molecule has 0 unspecified atom stereocenters. The van der Waals surface area contributed by atoms with Crippen molar-refractivity contribution in [2.75, 3.05) is 39.3 Å². The van der Waals surface area contributed by atoms with Gasteiger partial charge in [0.2, 0.25) is 5.89 Å². The second kappa shape index (κ2) is 7.10.